The molecule has 2 aromatic carbocycles. The van der Waals surface area contributed by atoms with E-state index in [2.05, 4.69) is 0 Å². The minimum Gasteiger partial charge on any atom is -0.395 e. The molecule has 1 aliphatic rings. The van der Waals surface area contributed by atoms with E-state index in [1.807, 2.05) is 24.3 Å². The van der Waals surface area contributed by atoms with Crippen molar-refractivity contribution in [3.8, 4) is 0 Å². The van der Waals surface area contributed by atoms with E-state index in [0.717, 1.165) is 17.2 Å². The van der Waals surface area contributed by atoms with Crippen LogP contribution in [-0.4, -0.2) is 12.7 Å². The summed E-state index contributed by atoms with van der Waals surface area (Å²) < 4.78 is 39.9. The maximum Gasteiger partial charge on any atom is 0.245 e. The Balaban J connectivity index is 2.01. The molecule has 6 heteroatoms. The number of fused-ring (bicyclic) bond motifs is 1. The van der Waals surface area contributed by atoms with E-state index in [1.54, 1.807) is 0 Å². The van der Waals surface area contributed by atoms with Crippen LogP contribution in [0.4, 0.5) is 10.1 Å². The molecule has 0 atom stereocenters. The van der Waals surface area contributed by atoms with E-state index in [0.29, 0.717) is 0 Å². The van der Waals surface area contributed by atoms with Gasteiger partial charge in [-0.1, -0.05) is 30.3 Å². The van der Waals surface area contributed by atoms with Crippen LogP contribution in [-0.2, 0) is 23.1 Å². The summed E-state index contributed by atoms with van der Waals surface area (Å²) in [5.74, 6) is -0.720. The zero-order valence-electron chi connectivity index (χ0n) is 10.6. The molecule has 0 unspecified atom stereocenters. The molecule has 0 bridgehead atoms. The summed E-state index contributed by atoms with van der Waals surface area (Å²) in [5.41, 5.74) is 7.16. The van der Waals surface area contributed by atoms with Crippen molar-refractivity contribution >= 4 is 15.7 Å². The fourth-order valence-corrected chi connectivity index (χ4v) is 3.88. The molecule has 20 heavy (non-hydrogen) atoms. The van der Waals surface area contributed by atoms with Gasteiger partial charge in [0.1, 0.15) is 10.7 Å². The highest BCUT2D eigenvalue weighted by molar-refractivity contribution is 7.89. The predicted octanol–water partition coefficient (Wildman–Crippen LogP) is 2.11. The summed E-state index contributed by atoms with van der Waals surface area (Å²) in [6.07, 6.45) is 0. The highest BCUT2D eigenvalue weighted by Crippen LogP contribution is 2.31. The maximum atomic E-state index is 13.5. The third-order valence-electron chi connectivity index (χ3n) is 3.44. The molecule has 0 aliphatic carbocycles. The standard InChI is InChI=1S/C14H13FN2O2S/c15-12-6-3-7-13(14(12)16)20(18,19)17-8-10-4-1-2-5-11(10)9-17/h1-7H,8-9,16H2. The number of nitrogen functional groups attached to an aromatic ring is 1. The molecule has 0 amide bonds. The van der Waals surface area contributed by atoms with Gasteiger partial charge in [0.15, 0.2) is 0 Å². The van der Waals surface area contributed by atoms with Crippen molar-refractivity contribution < 1.29 is 12.8 Å². The van der Waals surface area contributed by atoms with Crippen molar-refractivity contribution in [3.05, 3.63) is 59.4 Å². The van der Waals surface area contributed by atoms with Crippen molar-refractivity contribution in [2.75, 3.05) is 5.73 Å². The number of sulfonamides is 1. The minimum atomic E-state index is -3.79. The zero-order valence-corrected chi connectivity index (χ0v) is 11.4. The Morgan fingerprint density at radius 3 is 2.20 bits per heavy atom. The Kier molecular flexibility index (Phi) is 2.99. The summed E-state index contributed by atoms with van der Waals surface area (Å²) in [7, 11) is -3.79. The highest BCUT2D eigenvalue weighted by Gasteiger charge is 2.32. The number of benzene rings is 2. The second-order valence-corrected chi connectivity index (χ2v) is 6.60. The topological polar surface area (TPSA) is 63.4 Å². The van der Waals surface area contributed by atoms with E-state index in [4.69, 9.17) is 5.73 Å². The molecule has 0 saturated carbocycles. The number of hydrogen-bond acceptors (Lipinski definition) is 3. The Labute approximate surface area is 116 Å². The average molecular weight is 292 g/mol. The van der Waals surface area contributed by atoms with E-state index >= 15 is 0 Å². The lowest BCUT2D eigenvalue weighted by Gasteiger charge is -2.17. The summed E-state index contributed by atoms with van der Waals surface area (Å²) >= 11 is 0. The Hall–Kier alpha value is -1.92. The van der Waals surface area contributed by atoms with Crippen molar-refractivity contribution in [2.24, 2.45) is 0 Å². The fraction of sp³-hybridized carbons (Fsp3) is 0.143. The van der Waals surface area contributed by atoms with Gasteiger partial charge >= 0.3 is 0 Å². The monoisotopic (exact) mass is 292 g/mol. The van der Waals surface area contributed by atoms with Gasteiger partial charge in [-0.05, 0) is 23.3 Å². The van der Waals surface area contributed by atoms with Crippen LogP contribution < -0.4 is 5.73 Å². The lowest BCUT2D eigenvalue weighted by molar-refractivity contribution is 0.431. The first kappa shape index (κ1) is 13.1. The first-order valence-electron chi connectivity index (χ1n) is 6.11. The van der Waals surface area contributed by atoms with E-state index in [1.165, 1.54) is 16.4 Å². The van der Waals surface area contributed by atoms with E-state index in [9.17, 15) is 12.8 Å². The van der Waals surface area contributed by atoms with Crippen LogP contribution in [0, 0.1) is 5.82 Å². The van der Waals surface area contributed by atoms with Gasteiger partial charge in [-0.2, -0.15) is 4.31 Å². The van der Waals surface area contributed by atoms with Crippen molar-refractivity contribution in [3.63, 3.8) is 0 Å². The van der Waals surface area contributed by atoms with Crippen LogP contribution in [0.5, 0.6) is 0 Å². The quantitative estimate of drug-likeness (QED) is 0.862. The van der Waals surface area contributed by atoms with Gasteiger partial charge in [-0.15, -0.1) is 0 Å². The minimum absolute atomic E-state index is 0.176. The number of para-hydroxylation sites is 1. The Bertz CT molecular complexity index is 749. The molecular formula is C14H13FN2O2S. The predicted molar refractivity (Wildman–Crippen MR) is 73.7 cm³/mol. The van der Waals surface area contributed by atoms with Crippen LogP contribution >= 0.6 is 0 Å². The molecular weight excluding hydrogens is 279 g/mol. The third kappa shape index (κ3) is 1.97. The number of hydrogen-bond donors (Lipinski definition) is 1. The molecule has 2 aromatic rings. The molecule has 104 valence electrons. The van der Waals surface area contributed by atoms with Crippen LogP contribution in [0.2, 0.25) is 0 Å². The van der Waals surface area contributed by atoms with Gasteiger partial charge in [0.25, 0.3) is 0 Å². The van der Waals surface area contributed by atoms with Crippen molar-refractivity contribution in [1.82, 2.24) is 4.31 Å². The van der Waals surface area contributed by atoms with E-state index < -0.39 is 15.8 Å². The molecule has 3 rings (SSSR count). The molecule has 4 nitrogen and oxygen atoms in total. The molecule has 1 heterocycles. The molecule has 0 saturated heterocycles. The SMILES string of the molecule is Nc1c(F)cccc1S(=O)(=O)N1Cc2ccccc2C1. The summed E-state index contributed by atoms with van der Waals surface area (Å²) in [6.45, 7) is 0.572. The fourth-order valence-electron chi connectivity index (χ4n) is 2.35. The molecule has 0 aromatic heterocycles. The molecule has 0 radical (unpaired) electrons. The molecule has 2 N–H and O–H groups in total. The van der Waals surface area contributed by atoms with Crippen molar-refractivity contribution in [1.29, 1.82) is 0 Å². The van der Waals surface area contributed by atoms with Gasteiger partial charge in [0, 0.05) is 13.1 Å². The maximum absolute atomic E-state index is 13.5. The van der Waals surface area contributed by atoms with Gasteiger partial charge in [0.05, 0.1) is 5.69 Å². The van der Waals surface area contributed by atoms with Crippen LogP contribution in [0.3, 0.4) is 0 Å². The average Bonchev–Trinajstić information content (AvgIpc) is 2.86. The van der Waals surface area contributed by atoms with Crippen molar-refractivity contribution in [2.45, 2.75) is 18.0 Å². The first-order valence-corrected chi connectivity index (χ1v) is 7.55. The number of nitrogens with two attached hydrogens (primary N) is 1. The first-order chi connectivity index (χ1) is 9.50. The second kappa shape index (κ2) is 4.57. The molecule has 0 spiro atoms. The van der Waals surface area contributed by atoms with Gasteiger partial charge < -0.3 is 5.73 Å². The highest BCUT2D eigenvalue weighted by atomic mass is 32.2. The molecule has 0 fully saturated rings. The Morgan fingerprint density at radius 1 is 1.00 bits per heavy atom. The number of nitrogens with zero attached hydrogens (tertiary/aromatic N) is 1. The zero-order chi connectivity index (χ0) is 14.3. The lowest BCUT2D eigenvalue weighted by Crippen LogP contribution is -2.26. The van der Waals surface area contributed by atoms with Gasteiger partial charge in [0.2, 0.25) is 10.0 Å². The van der Waals surface area contributed by atoms with Crippen LogP contribution in [0.15, 0.2) is 47.4 Å². The van der Waals surface area contributed by atoms with E-state index in [-0.39, 0.29) is 23.7 Å². The normalized spacial score (nSPS) is 15.2. The third-order valence-corrected chi connectivity index (χ3v) is 5.29. The number of halogens is 1. The van der Waals surface area contributed by atoms with Crippen LogP contribution in [0.1, 0.15) is 11.1 Å². The smallest absolute Gasteiger partial charge is 0.245 e. The second-order valence-electron chi connectivity index (χ2n) is 4.69. The lowest BCUT2D eigenvalue weighted by atomic mass is 10.1. The Morgan fingerprint density at radius 2 is 1.60 bits per heavy atom. The summed E-state index contributed by atoms with van der Waals surface area (Å²) in [4.78, 5) is -0.176. The molecule has 1 aliphatic heterocycles. The summed E-state index contributed by atoms with van der Waals surface area (Å²) in [6, 6.07) is 11.3. The number of anilines is 1. The number of rotatable bonds is 2. The van der Waals surface area contributed by atoms with Gasteiger partial charge in [-0.3, -0.25) is 0 Å². The largest absolute Gasteiger partial charge is 0.395 e. The summed E-state index contributed by atoms with van der Waals surface area (Å²) in [5, 5.41) is 0. The van der Waals surface area contributed by atoms with Crippen LogP contribution in [0.25, 0.3) is 0 Å². The van der Waals surface area contributed by atoms with Gasteiger partial charge in [-0.25, -0.2) is 12.8 Å².